The molecule has 0 spiro atoms. The lowest BCUT2D eigenvalue weighted by Gasteiger charge is -2.24. The van der Waals surface area contributed by atoms with Crippen molar-refractivity contribution in [1.82, 2.24) is 9.88 Å². The van der Waals surface area contributed by atoms with Gasteiger partial charge in [-0.3, -0.25) is 4.79 Å². The van der Waals surface area contributed by atoms with Crippen LogP contribution in [0.4, 0.5) is 5.69 Å². The first-order valence-electron chi connectivity index (χ1n) is 11.7. The van der Waals surface area contributed by atoms with Crippen molar-refractivity contribution in [2.45, 2.75) is 25.2 Å². The number of carbonyl (C=O) groups is 1. The number of rotatable bonds is 3. The molecule has 1 fully saturated rings. The van der Waals surface area contributed by atoms with Gasteiger partial charge in [0.25, 0.3) is 5.91 Å². The van der Waals surface area contributed by atoms with Crippen LogP contribution in [0.5, 0.6) is 0 Å². The largest absolute Gasteiger partial charge is 0.370 e. The maximum Gasteiger partial charge on any atom is 0.253 e. The molecular formula is C21H23ClN4O. The van der Waals surface area contributed by atoms with Crippen LogP contribution in [-0.2, 0) is 0 Å². The number of aromatic nitrogens is 1. The Bertz CT molecular complexity index is 1030. The van der Waals surface area contributed by atoms with E-state index in [4.69, 9.17) is 19.8 Å². The molecular weight excluding hydrogens is 360 g/mol. The molecule has 0 saturated carbocycles. The van der Waals surface area contributed by atoms with Crippen molar-refractivity contribution >= 4 is 23.2 Å². The molecule has 1 amide bonds. The Balaban J connectivity index is 1.75. The van der Waals surface area contributed by atoms with Crippen LogP contribution in [-0.4, -0.2) is 42.8 Å². The molecule has 2 heterocycles. The number of pyridine rings is 1. The molecule has 140 valence electrons. The average molecular weight is 389 g/mol. The van der Waals surface area contributed by atoms with Gasteiger partial charge in [0.2, 0.25) is 0 Å². The molecule has 1 aromatic heterocycles. The second kappa shape index (κ2) is 8.41. The molecule has 27 heavy (non-hydrogen) atoms. The summed E-state index contributed by atoms with van der Waals surface area (Å²) >= 11 is 6.07. The first-order valence-corrected chi connectivity index (χ1v) is 9.05. The van der Waals surface area contributed by atoms with Crippen LogP contribution in [0.3, 0.4) is 0 Å². The van der Waals surface area contributed by atoms with Gasteiger partial charge in [0.1, 0.15) is 16.8 Å². The fraction of sp³-hybridized carbons (Fsp3) is 0.381. The monoisotopic (exact) mass is 388 g/mol. The zero-order chi connectivity index (χ0) is 24.4. The molecule has 1 aromatic carbocycles. The quantitative estimate of drug-likeness (QED) is 0.743. The van der Waals surface area contributed by atoms with E-state index < -0.39 is 19.9 Å². The van der Waals surface area contributed by atoms with E-state index in [1.165, 1.54) is 12.1 Å². The van der Waals surface area contributed by atoms with E-state index in [1.807, 2.05) is 0 Å². The molecule has 5 nitrogen and oxygen atoms in total. The number of nitrogens with zero attached hydrogens (tertiary/aromatic N) is 4. The summed E-state index contributed by atoms with van der Waals surface area (Å²) < 4.78 is 44.6. The number of benzene rings is 1. The SMILES string of the molecule is [2H]C([2H])([2H])N(C(=O)c1ccc(C2CCCN(c3ccnc(Cl)c3C#N)CC2)cc1)C([2H])([2H])[2H]. The lowest BCUT2D eigenvalue weighted by atomic mass is 9.91. The zero-order valence-electron chi connectivity index (χ0n) is 20.7. The van der Waals surface area contributed by atoms with E-state index in [0.29, 0.717) is 12.1 Å². The van der Waals surface area contributed by atoms with Crippen molar-refractivity contribution in [3.63, 3.8) is 0 Å². The smallest absolute Gasteiger partial charge is 0.253 e. The Morgan fingerprint density at radius 1 is 1.30 bits per heavy atom. The van der Waals surface area contributed by atoms with Crippen molar-refractivity contribution in [3.8, 4) is 6.07 Å². The Kier molecular flexibility index (Phi) is 3.97. The standard InChI is InChI=1S/C21H23ClN4O/c1-25(2)21(27)17-7-5-16(6-8-17)15-4-3-12-26(13-10-15)19-9-11-24-20(22)18(19)14-23/h5-9,11,15H,3-4,10,12-13H2,1-2H3/i1D3,2D3. The van der Waals surface area contributed by atoms with Crippen LogP contribution >= 0.6 is 11.6 Å². The van der Waals surface area contributed by atoms with Crippen LogP contribution < -0.4 is 4.90 Å². The van der Waals surface area contributed by atoms with Crippen molar-refractivity contribution in [2.75, 3.05) is 31.9 Å². The summed E-state index contributed by atoms with van der Waals surface area (Å²) in [4.78, 5) is 18.7. The maximum absolute atomic E-state index is 12.6. The third-order valence-corrected chi connectivity index (χ3v) is 5.18. The molecule has 3 rings (SSSR count). The molecule has 1 saturated heterocycles. The Morgan fingerprint density at radius 2 is 2.07 bits per heavy atom. The Morgan fingerprint density at radius 3 is 2.78 bits per heavy atom. The first-order chi connectivity index (χ1) is 15.4. The Labute approximate surface area is 173 Å². The van der Waals surface area contributed by atoms with Gasteiger partial charge in [-0.05, 0) is 48.9 Å². The number of halogens is 1. The van der Waals surface area contributed by atoms with Crippen LogP contribution in [0.25, 0.3) is 0 Å². The lowest BCUT2D eigenvalue weighted by molar-refractivity contribution is 0.0827. The number of carbonyl (C=O) groups excluding carboxylic acids is 1. The van der Waals surface area contributed by atoms with Gasteiger partial charge < -0.3 is 9.80 Å². The second-order valence-electron chi connectivity index (χ2n) is 6.49. The van der Waals surface area contributed by atoms with Gasteiger partial charge in [-0.25, -0.2) is 4.98 Å². The molecule has 0 radical (unpaired) electrons. The highest BCUT2D eigenvalue weighted by molar-refractivity contribution is 6.30. The number of anilines is 1. The summed E-state index contributed by atoms with van der Waals surface area (Å²) in [7, 11) is 0. The number of hydrogen-bond donors (Lipinski definition) is 0. The predicted octanol–water partition coefficient (Wildman–Crippen LogP) is 4.08. The maximum atomic E-state index is 12.6. The highest BCUT2D eigenvalue weighted by Crippen LogP contribution is 2.32. The third kappa shape index (κ3) is 4.23. The number of nitriles is 1. The molecule has 2 aromatic rings. The summed E-state index contributed by atoms with van der Waals surface area (Å²) in [6.45, 7) is -4.70. The van der Waals surface area contributed by atoms with Gasteiger partial charge in [-0.1, -0.05) is 23.7 Å². The minimum Gasteiger partial charge on any atom is -0.370 e. The first kappa shape index (κ1) is 12.7. The van der Waals surface area contributed by atoms with Crippen molar-refractivity contribution in [3.05, 3.63) is 58.4 Å². The normalized spacial score (nSPS) is 21.3. The summed E-state index contributed by atoms with van der Waals surface area (Å²) in [5, 5.41) is 9.62. The summed E-state index contributed by atoms with van der Waals surface area (Å²) in [5.74, 6) is -0.865. The van der Waals surface area contributed by atoms with E-state index >= 15 is 0 Å². The summed E-state index contributed by atoms with van der Waals surface area (Å²) in [6, 6.07) is 10.3. The minimum atomic E-state index is -3.08. The topological polar surface area (TPSA) is 60.2 Å². The van der Waals surface area contributed by atoms with E-state index in [9.17, 15) is 10.1 Å². The van der Waals surface area contributed by atoms with E-state index in [2.05, 4.69) is 16.0 Å². The molecule has 6 heteroatoms. The Hall–Kier alpha value is -2.58. The molecule has 1 aliphatic rings. The zero-order valence-corrected chi connectivity index (χ0v) is 15.4. The van der Waals surface area contributed by atoms with E-state index in [-0.39, 0.29) is 21.5 Å². The highest BCUT2D eigenvalue weighted by atomic mass is 35.5. The molecule has 1 atom stereocenters. The number of amides is 1. The summed E-state index contributed by atoms with van der Waals surface area (Å²) in [6.07, 6.45) is 4.15. The van der Waals surface area contributed by atoms with Gasteiger partial charge in [-0.15, -0.1) is 0 Å². The van der Waals surface area contributed by atoms with Gasteiger partial charge >= 0.3 is 0 Å². The van der Waals surface area contributed by atoms with Crippen LogP contribution in [0.1, 0.15) is 54.9 Å². The third-order valence-electron chi connectivity index (χ3n) is 4.90. The second-order valence-corrected chi connectivity index (χ2v) is 6.84. The highest BCUT2D eigenvalue weighted by Gasteiger charge is 2.21. The number of hydrogen-bond acceptors (Lipinski definition) is 4. The average Bonchev–Trinajstić information content (AvgIpc) is 2.98. The fourth-order valence-corrected chi connectivity index (χ4v) is 3.69. The molecule has 0 N–H and O–H groups in total. The fourth-order valence-electron chi connectivity index (χ4n) is 3.49. The van der Waals surface area contributed by atoms with Gasteiger partial charge in [-0.2, -0.15) is 5.26 Å². The van der Waals surface area contributed by atoms with Crippen molar-refractivity contribution in [1.29, 1.82) is 5.26 Å². The molecule has 0 bridgehead atoms. The van der Waals surface area contributed by atoms with E-state index in [1.54, 1.807) is 24.4 Å². The van der Waals surface area contributed by atoms with Crippen LogP contribution in [0.15, 0.2) is 36.5 Å². The molecule has 0 aliphatic carbocycles. The van der Waals surface area contributed by atoms with Crippen molar-refractivity contribution < 1.29 is 13.0 Å². The van der Waals surface area contributed by atoms with Gasteiger partial charge in [0.15, 0.2) is 0 Å². The summed E-state index contributed by atoms with van der Waals surface area (Å²) in [5.41, 5.74) is 2.10. The predicted molar refractivity (Wildman–Crippen MR) is 107 cm³/mol. The molecule has 1 aliphatic heterocycles. The lowest BCUT2D eigenvalue weighted by Crippen LogP contribution is -2.25. The minimum absolute atomic E-state index is 0.00587. The van der Waals surface area contributed by atoms with Crippen molar-refractivity contribution in [2.24, 2.45) is 0 Å². The van der Waals surface area contributed by atoms with E-state index in [0.717, 1.165) is 37.1 Å². The van der Waals surface area contributed by atoms with Crippen LogP contribution in [0.2, 0.25) is 5.15 Å². The van der Waals surface area contributed by atoms with Crippen LogP contribution in [0, 0.1) is 11.3 Å². The molecule has 1 unspecified atom stereocenters. The van der Waals surface area contributed by atoms with Gasteiger partial charge in [0, 0.05) is 47.0 Å². The van der Waals surface area contributed by atoms with Gasteiger partial charge in [0.05, 0.1) is 5.69 Å².